The van der Waals surface area contributed by atoms with Gasteiger partial charge in [-0.15, -0.1) is 0 Å². The van der Waals surface area contributed by atoms with E-state index in [1.807, 2.05) is 0 Å². The molecule has 10 heteroatoms. The molecule has 29 heavy (non-hydrogen) atoms. The first-order valence-corrected chi connectivity index (χ1v) is 8.79. The Kier molecular flexibility index (Phi) is 4.73. The number of carbonyl (C=O) groups is 1. The molecular formula is C19H14ClFN6O2. The van der Waals surface area contributed by atoms with Crippen molar-refractivity contribution in [2.45, 2.75) is 6.92 Å². The Balaban J connectivity index is 1.76. The molecule has 4 rings (SSSR count). The third-order valence-electron chi connectivity index (χ3n) is 4.19. The maximum absolute atomic E-state index is 14.5. The Labute approximate surface area is 169 Å². The molecule has 0 spiro atoms. The van der Waals surface area contributed by atoms with E-state index in [2.05, 4.69) is 20.4 Å². The number of aromatic nitrogens is 4. The molecule has 1 amide bonds. The molecule has 3 N–H and O–H groups in total. The first-order valence-electron chi connectivity index (χ1n) is 8.41. The van der Waals surface area contributed by atoms with Crippen LogP contribution < -0.4 is 11.1 Å². The van der Waals surface area contributed by atoms with Crippen molar-refractivity contribution >= 4 is 29.1 Å². The third kappa shape index (κ3) is 3.43. The zero-order valence-electron chi connectivity index (χ0n) is 15.1. The number of anilines is 2. The fourth-order valence-corrected chi connectivity index (χ4v) is 3.02. The van der Waals surface area contributed by atoms with Gasteiger partial charge in [-0.3, -0.25) is 4.79 Å². The molecule has 0 aliphatic heterocycles. The van der Waals surface area contributed by atoms with Gasteiger partial charge in [0.05, 0.1) is 28.2 Å². The van der Waals surface area contributed by atoms with Crippen LogP contribution >= 0.6 is 11.6 Å². The summed E-state index contributed by atoms with van der Waals surface area (Å²) in [5, 5.41) is 7.41. The number of hydrogen-bond donors (Lipinski definition) is 2. The molecule has 0 bridgehead atoms. The number of benzene rings is 1. The summed E-state index contributed by atoms with van der Waals surface area (Å²) in [6, 6.07) is 7.57. The second-order valence-corrected chi connectivity index (χ2v) is 6.51. The van der Waals surface area contributed by atoms with E-state index >= 15 is 0 Å². The number of oxazole rings is 1. The minimum absolute atomic E-state index is 0.0420. The van der Waals surface area contributed by atoms with Gasteiger partial charge in [-0.1, -0.05) is 17.7 Å². The molecule has 0 unspecified atom stereocenters. The van der Waals surface area contributed by atoms with Crippen molar-refractivity contribution in [3.8, 4) is 17.0 Å². The Hall–Kier alpha value is -3.72. The maximum atomic E-state index is 14.5. The smallest absolute Gasteiger partial charge is 0.262 e. The van der Waals surface area contributed by atoms with Crippen molar-refractivity contribution in [3.63, 3.8) is 0 Å². The fourth-order valence-electron chi connectivity index (χ4n) is 2.91. The molecule has 0 aliphatic carbocycles. The topological polar surface area (TPSA) is 112 Å². The van der Waals surface area contributed by atoms with E-state index in [9.17, 15) is 9.18 Å². The molecule has 146 valence electrons. The summed E-state index contributed by atoms with van der Waals surface area (Å²) in [5.74, 6) is -0.483. The summed E-state index contributed by atoms with van der Waals surface area (Å²) < 4.78 is 21.1. The lowest BCUT2D eigenvalue weighted by molar-refractivity contribution is 0.102. The standard InChI is InChI=1S/C19H14ClFN6O2/c1-10-16(19(28)25-15-6-5-11(20)7-24-15)18(22)27(26-10)13-4-2-3-12(21)17(13)14-8-23-9-29-14/h2-9H,22H2,1H3,(H,24,25,28). The minimum Gasteiger partial charge on any atom is -0.443 e. The average molecular weight is 413 g/mol. The van der Waals surface area contributed by atoms with Gasteiger partial charge in [-0.2, -0.15) is 5.10 Å². The monoisotopic (exact) mass is 412 g/mol. The van der Waals surface area contributed by atoms with Crippen LogP contribution in [0.4, 0.5) is 16.0 Å². The molecule has 0 saturated carbocycles. The summed E-state index contributed by atoms with van der Waals surface area (Å²) in [7, 11) is 0. The number of nitrogens with zero attached hydrogens (tertiary/aromatic N) is 4. The lowest BCUT2D eigenvalue weighted by Gasteiger charge is -2.10. The highest BCUT2D eigenvalue weighted by molar-refractivity contribution is 6.30. The van der Waals surface area contributed by atoms with Crippen molar-refractivity contribution in [2.75, 3.05) is 11.1 Å². The summed E-state index contributed by atoms with van der Waals surface area (Å²) in [6.07, 6.45) is 3.99. The molecular weight excluding hydrogens is 399 g/mol. The van der Waals surface area contributed by atoms with Crippen LogP contribution in [0.25, 0.3) is 17.0 Å². The number of halogens is 2. The van der Waals surface area contributed by atoms with Crippen molar-refractivity contribution < 1.29 is 13.6 Å². The molecule has 8 nitrogen and oxygen atoms in total. The van der Waals surface area contributed by atoms with Gasteiger partial charge < -0.3 is 15.5 Å². The van der Waals surface area contributed by atoms with Gasteiger partial charge in [-0.25, -0.2) is 19.0 Å². The van der Waals surface area contributed by atoms with Crippen LogP contribution in [0.5, 0.6) is 0 Å². The summed E-state index contributed by atoms with van der Waals surface area (Å²) in [6.45, 7) is 1.63. The van der Waals surface area contributed by atoms with Gasteiger partial charge in [0, 0.05) is 6.20 Å². The van der Waals surface area contributed by atoms with Crippen molar-refractivity contribution in [1.82, 2.24) is 19.7 Å². The van der Waals surface area contributed by atoms with Crippen LogP contribution in [-0.2, 0) is 0 Å². The molecule has 0 atom stereocenters. The first kappa shape index (κ1) is 18.6. The molecule has 1 aromatic carbocycles. The van der Waals surface area contributed by atoms with Gasteiger partial charge in [0.1, 0.15) is 23.0 Å². The zero-order chi connectivity index (χ0) is 20.5. The van der Waals surface area contributed by atoms with Crippen molar-refractivity contribution in [2.24, 2.45) is 0 Å². The lowest BCUT2D eigenvalue weighted by Crippen LogP contribution is -2.15. The third-order valence-corrected chi connectivity index (χ3v) is 4.41. The second kappa shape index (κ2) is 7.36. The molecule has 0 fully saturated rings. The highest BCUT2D eigenvalue weighted by atomic mass is 35.5. The van der Waals surface area contributed by atoms with E-state index in [1.54, 1.807) is 25.1 Å². The predicted molar refractivity (Wildman–Crippen MR) is 105 cm³/mol. The quantitative estimate of drug-likeness (QED) is 0.526. The largest absolute Gasteiger partial charge is 0.443 e. The number of carbonyl (C=O) groups excluding carboxylic acids is 1. The fraction of sp³-hybridized carbons (Fsp3) is 0.0526. The molecule has 0 radical (unpaired) electrons. The first-order chi connectivity index (χ1) is 14.0. The Morgan fingerprint density at radius 2 is 2.10 bits per heavy atom. The van der Waals surface area contributed by atoms with Crippen molar-refractivity contribution in [1.29, 1.82) is 0 Å². The Bertz CT molecular complexity index is 1190. The highest BCUT2D eigenvalue weighted by Crippen LogP contribution is 2.32. The minimum atomic E-state index is -0.539. The number of hydrogen-bond acceptors (Lipinski definition) is 6. The maximum Gasteiger partial charge on any atom is 0.262 e. The highest BCUT2D eigenvalue weighted by Gasteiger charge is 2.24. The van der Waals surface area contributed by atoms with Crippen molar-refractivity contribution in [3.05, 3.63) is 71.2 Å². The van der Waals surface area contributed by atoms with Gasteiger partial charge in [-0.05, 0) is 31.2 Å². The number of pyridine rings is 1. The van der Waals surface area contributed by atoms with Gasteiger partial charge in [0.15, 0.2) is 12.2 Å². The molecule has 3 aromatic heterocycles. The number of amides is 1. The lowest BCUT2D eigenvalue weighted by atomic mass is 10.1. The zero-order valence-corrected chi connectivity index (χ0v) is 15.8. The Morgan fingerprint density at radius 1 is 1.28 bits per heavy atom. The number of aryl methyl sites for hydroxylation is 1. The van der Waals surface area contributed by atoms with E-state index in [-0.39, 0.29) is 22.7 Å². The van der Waals surface area contributed by atoms with E-state index in [1.165, 1.54) is 35.6 Å². The Morgan fingerprint density at radius 3 is 2.79 bits per heavy atom. The number of nitrogen functional groups attached to an aromatic ring is 1. The predicted octanol–water partition coefficient (Wildman–Crippen LogP) is 3.86. The SMILES string of the molecule is Cc1nn(-c2cccc(F)c2-c2cnco2)c(N)c1C(=O)Nc1ccc(Cl)cn1. The van der Waals surface area contributed by atoms with Crippen LogP contribution in [0.3, 0.4) is 0 Å². The molecule has 0 saturated heterocycles. The van der Waals surface area contributed by atoms with Crippen LogP contribution in [-0.4, -0.2) is 25.7 Å². The van der Waals surface area contributed by atoms with Crippen LogP contribution in [0.1, 0.15) is 16.1 Å². The van der Waals surface area contributed by atoms with Gasteiger partial charge in [0.25, 0.3) is 5.91 Å². The van der Waals surface area contributed by atoms with Crippen LogP contribution in [0, 0.1) is 12.7 Å². The second-order valence-electron chi connectivity index (χ2n) is 6.07. The number of nitrogens with one attached hydrogen (secondary N) is 1. The van der Waals surface area contributed by atoms with E-state index < -0.39 is 11.7 Å². The van der Waals surface area contributed by atoms with E-state index in [0.29, 0.717) is 22.2 Å². The van der Waals surface area contributed by atoms with E-state index in [4.69, 9.17) is 21.8 Å². The molecule has 4 aromatic rings. The normalized spacial score (nSPS) is 10.9. The molecule has 0 aliphatic rings. The van der Waals surface area contributed by atoms with E-state index in [0.717, 1.165) is 0 Å². The summed E-state index contributed by atoms with van der Waals surface area (Å²) in [4.78, 5) is 20.6. The number of rotatable bonds is 4. The summed E-state index contributed by atoms with van der Waals surface area (Å²) >= 11 is 5.81. The van der Waals surface area contributed by atoms with Crippen LogP contribution in [0.2, 0.25) is 5.02 Å². The molecule has 3 heterocycles. The van der Waals surface area contributed by atoms with Gasteiger partial charge >= 0.3 is 0 Å². The summed E-state index contributed by atoms with van der Waals surface area (Å²) in [5.41, 5.74) is 7.17. The van der Waals surface area contributed by atoms with Crippen LogP contribution in [0.15, 0.2) is 53.5 Å². The number of nitrogens with two attached hydrogens (primary N) is 1. The average Bonchev–Trinajstić information content (AvgIpc) is 3.31. The van der Waals surface area contributed by atoms with Gasteiger partial charge in [0.2, 0.25) is 0 Å².